The number of hydrogen-bond donors (Lipinski definition) is 5. The zero-order chi connectivity index (χ0) is 20.9. The molecule has 2 saturated carbocycles. The van der Waals surface area contributed by atoms with E-state index in [1.54, 1.807) is 0 Å². The Morgan fingerprint density at radius 1 is 1.11 bits per heavy atom. The molecule has 7 nitrogen and oxygen atoms in total. The normalized spacial score (nSPS) is 49.6. The summed E-state index contributed by atoms with van der Waals surface area (Å²) in [6.07, 6.45) is -2.83. The van der Waals surface area contributed by atoms with Gasteiger partial charge >= 0.3 is 0 Å². The monoisotopic (exact) mass is 400 g/mol. The highest BCUT2D eigenvalue weighted by Crippen LogP contribution is 2.57. The van der Waals surface area contributed by atoms with Gasteiger partial charge < -0.3 is 35.0 Å². The van der Waals surface area contributed by atoms with Gasteiger partial charge in [0.05, 0.1) is 18.3 Å². The van der Waals surface area contributed by atoms with Gasteiger partial charge in [-0.1, -0.05) is 18.1 Å². The summed E-state index contributed by atoms with van der Waals surface area (Å²) in [5, 5.41) is 50.9. The van der Waals surface area contributed by atoms with Crippen LogP contribution in [0.1, 0.15) is 59.8 Å². The zero-order valence-electron chi connectivity index (χ0n) is 17.3. The summed E-state index contributed by atoms with van der Waals surface area (Å²) in [6.45, 7) is 7.76. The minimum Gasteiger partial charge on any atom is -0.394 e. The van der Waals surface area contributed by atoms with Crippen LogP contribution in [0.5, 0.6) is 0 Å². The maximum atomic E-state index is 11.1. The second-order valence-electron chi connectivity index (χ2n) is 9.58. The van der Waals surface area contributed by atoms with Crippen LogP contribution in [0.2, 0.25) is 0 Å². The van der Waals surface area contributed by atoms with E-state index in [1.165, 1.54) is 11.1 Å². The van der Waals surface area contributed by atoms with E-state index in [2.05, 4.69) is 20.8 Å². The van der Waals surface area contributed by atoms with E-state index >= 15 is 0 Å². The number of rotatable bonds is 3. The molecule has 162 valence electrons. The van der Waals surface area contributed by atoms with E-state index in [4.69, 9.17) is 9.47 Å². The number of ether oxygens (including phenoxy) is 2. The lowest BCUT2D eigenvalue weighted by Crippen LogP contribution is -2.62. The Bertz CT molecular complexity index is 598. The van der Waals surface area contributed by atoms with E-state index in [1.807, 2.05) is 6.92 Å². The molecule has 0 bridgehead atoms. The number of allylic oxidation sites excluding steroid dienone is 2. The predicted octanol–water partition coefficient (Wildman–Crippen LogP) is 0.859. The Balaban J connectivity index is 1.82. The topological polar surface area (TPSA) is 120 Å². The Hall–Kier alpha value is -0.540. The molecule has 1 heterocycles. The molecular weight excluding hydrogens is 364 g/mol. The van der Waals surface area contributed by atoms with Gasteiger partial charge in [0.25, 0.3) is 0 Å². The maximum Gasteiger partial charge on any atom is 0.186 e. The molecule has 0 aromatic rings. The predicted molar refractivity (Wildman–Crippen MR) is 102 cm³/mol. The fraction of sp³-hybridized carbons (Fsp3) is 0.905. The van der Waals surface area contributed by atoms with Gasteiger partial charge in [-0.3, -0.25) is 0 Å². The summed E-state index contributed by atoms with van der Waals surface area (Å²) in [7, 11) is 0. The standard InChI is InChI=1S/C21H36O7/c1-11(2)12-5-7-20(3)14(9-12)21(4,26)8-6-15(20)28-19-18(25)17(24)16(23)13(10-22)27-19/h13-19,22-26H,5-10H2,1-4H3. The molecule has 0 aromatic carbocycles. The third kappa shape index (κ3) is 3.78. The number of aliphatic hydroxyl groups is 5. The maximum absolute atomic E-state index is 11.1. The van der Waals surface area contributed by atoms with Crippen LogP contribution in [0.3, 0.4) is 0 Å². The number of fused-ring (bicyclic) bond motifs is 1. The first-order valence-electron chi connectivity index (χ1n) is 10.3. The highest BCUT2D eigenvalue weighted by molar-refractivity contribution is 5.19. The molecule has 3 aliphatic rings. The van der Waals surface area contributed by atoms with Crippen molar-refractivity contribution in [3.8, 4) is 0 Å². The molecule has 1 aliphatic heterocycles. The lowest BCUT2D eigenvalue weighted by molar-refractivity contribution is -0.329. The van der Waals surface area contributed by atoms with Gasteiger partial charge in [-0.2, -0.15) is 0 Å². The molecule has 2 aliphatic carbocycles. The van der Waals surface area contributed by atoms with Crippen molar-refractivity contribution < 1.29 is 35.0 Å². The second-order valence-corrected chi connectivity index (χ2v) is 9.58. The SMILES string of the molecule is CC(C)=C1CCC2(C)C(OC3OC(CO)C(O)C(O)C3O)CCC(C)(O)C2C1. The van der Waals surface area contributed by atoms with Gasteiger partial charge in [0.1, 0.15) is 24.4 Å². The number of hydrogen-bond acceptors (Lipinski definition) is 7. The van der Waals surface area contributed by atoms with Gasteiger partial charge in [-0.05, 0) is 58.8 Å². The van der Waals surface area contributed by atoms with Crippen molar-refractivity contribution in [2.45, 2.75) is 102 Å². The lowest BCUT2D eigenvalue weighted by Gasteiger charge is -2.57. The molecule has 5 N–H and O–H groups in total. The van der Waals surface area contributed by atoms with E-state index in [9.17, 15) is 25.5 Å². The van der Waals surface area contributed by atoms with Gasteiger partial charge in [0.15, 0.2) is 6.29 Å². The van der Waals surface area contributed by atoms with Gasteiger partial charge in [-0.25, -0.2) is 0 Å². The molecule has 3 rings (SSSR count). The summed E-state index contributed by atoms with van der Waals surface area (Å²) in [4.78, 5) is 0. The van der Waals surface area contributed by atoms with Crippen molar-refractivity contribution in [2.24, 2.45) is 11.3 Å². The molecule has 3 fully saturated rings. The first kappa shape index (κ1) is 22.2. The summed E-state index contributed by atoms with van der Waals surface area (Å²) in [5.74, 6) is 0.0160. The van der Waals surface area contributed by atoms with Crippen molar-refractivity contribution in [3.63, 3.8) is 0 Å². The van der Waals surface area contributed by atoms with Crippen molar-refractivity contribution >= 4 is 0 Å². The molecule has 7 heteroatoms. The summed E-state index contributed by atoms with van der Waals surface area (Å²) in [5.41, 5.74) is 1.58. The Morgan fingerprint density at radius 2 is 1.79 bits per heavy atom. The van der Waals surface area contributed by atoms with Crippen LogP contribution in [0.15, 0.2) is 11.1 Å². The molecule has 9 atom stereocenters. The fourth-order valence-corrected chi connectivity index (χ4v) is 5.44. The third-order valence-corrected chi connectivity index (χ3v) is 7.46. The Morgan fingerprint density at radius 3 is 2.39 bits per heavy atom. The van der Waals surface area contributed by atoms with Gasteiger partial charge in [0.2, 0.25) is 0 Å². The average molecular weight is 401 g/mol. The zero-order valence-corrected chi connectivity index (χ0v) is 17.3. The molecule has 1 saturated heterocycles. The molecule has 0 spiro atoms. The first-order valence-corrected chi connectivity index (χ1v) is 10.3. The van der Waals surface area contributed by atoms with Crippen LogP contribution in [-0.2, 0) is 9.47 Å². The van der Waals surface area contributed by atoms with Crippen molar-refractivity contribution in [2.75, 3.05) is 6.61 Å². The van der Waals surface area contributed by atoms with E-state index in [-0.39, 0.29) is 17.4 Å². The van der Waals surface area contributed by atoms with Crippen LogP contribution >= 0.6 is 0 Å². The summed E-state index contributed by atoms with van der Waals surface area (Å²) < 4.78 is 11.7. The second kappa shape index (κ2) is 7.95. The average Bonchev–Trinajstić information content (AvgIpc) is 2.64. The van der Waals surface area contributed by atoms with E-state index in [0.29, 0.717) is 12.8 Å². The minimum absolute atomic E-state index is 0.0160. The lowest BCUT2D eigenvalue weighted by atomic mass is 9.53. The summed E-state index contributed by atoms with van der Waals surface area (Å²) >= 11 is 0. The largest absolute Gasteiger partial charge is 0.394 e. The van der Waals surface area contributed by atoms with Crippen LogP contribution < -0.4 is 0 Å². The first-order chi connectivity index (χ1) is 13.0. The molecule has 9 unspecified atom stereocenters. The molecular formula is C21H36O7. The van der Waals surface area contributed by atoms with Crippen LogP contribution in [0.4, 0.5) is 0 Å². The van der Waals surface area contributed by atoms with Crippen LogP contribution in [0.25, 0.3) is 0 Å². The number of aliphatic hydroxyl groups excluding tert-OH is 4. The molecule has 28 heavy (non-hydrogen) atoms. The van der Waals surface area contributed by atoms with Crippen LogP contribution in [0, 0.1) is 11.3 Å². The van der Waals surface area contributed by atoms with Crippen molar-refractivity contribution in [3.05, 3.63) is 11.1 Å². The van der Waals surface area contributed by atoms with Crippen molar-refractivity contribution in [1.82, 2.24) is 0 Å². The van der Waals surface area contributed by atoms with E-state index in [0.717, 1.165) is 19.3 Å². The molecule has 0 aromatic heterocycles. The minimum atomic E-state index is -1.45. The van der Waals surface area contributed by atoms with Crippen molar-refractivity contribution in [1.29, 1.82) is 0 Å². The fourth-order valence-electron chi connectivity index (χ4n) is 5.44. The molecule has 0 radical (unpaired) electrons. The Labute approximate surface area is 167 Å². The van der Waals surface area contributed by atoms with E-state index < -0.39 is 42.9 Å². The molecule has 0 amide bonds. The Kier molecular flexibility index (Phi) is 6.29. The van der Waals surface area contributed by atoms with Gasteiger partial charge in [0, 0.05) is 5.41 Å². The van der Waals surface area contributed by atoms with Gasteiger partial charge in [-0.15, -0.1) is 0 Å². The van der Waals surface area contributed by atoms with Crippen LogP contribution in [-0.4, -0.2) is 74.6 Å². The quantitative estimate of drug-likeness (QED) is 0.446. The summed E-state index contributed by atoms with van der Waals surface area (Å²) in [6, 6.07) is 0. The smallest absolute Gasteiger partial charge is 0.186 e. The third-order valence-electron chi connectivity index (χ3n) is 7.46. The highest BCUT2D eigenvalue weighted by atomic mass is 16.7. The highest BCUT2D eigenvalue weighted by Gasteiger charge is 2.56.